The van der Waals surface area contributed by atoms with Crippen LogP contribution in [0.2, 0.25) is 0 Å². The lowest BCUT2D eigenvalue weighted by atomic mass is 10.1. The van der Waals surface area contributed by atoms with Gasteiger partial charge in [0.15, 0.2) is 6.29 Å². The topological polar surface area (TPSA) is 127 Å². The number of azide groups is 1. The van der Waals surface area contributed by atoms with Gasteiger partial charge in [-0.3, -0.25) is 0 Å². The Balaban J connectivity index is 4.28. The molecule has 68 valence electrons. The van der Waals surface area contributed by atoms with E-state index in [0.29, 0.717) is 0 Å². The van der Waals surface area contributed by atoms with E-state index in [-0.39, 0.29) is 6.29 Å². The fourth-order valence-corrected chi connectivity index (χ4v) is 0.587. The van der Waals surface area contributed by atoms with E-state index < -0.39 is 24.9 Å². The van der Waals surface area contributed by atoms with Crippen molar-refractivity contribution in [2.75, 3.05) is 6.61 Å². The first-order valence-electron chi connectivity index (χ1n) is 3.13. The maximum absolute atomic E-state index is 9.94. The number of rotatable bonds is 5. The lowest BCUT2D eigenvalue weighted by molar-refractivity contribution is -0.121. The Hall–Kier alpha value is -1.14. The highest BCUT2D eigenvalue weighted by atomic mass is 16.3. The average Bonchev–Trinajstić information content (AvgIpc) is 2.11. The van der Waals surface area contributed by atoms with Crippen LogP contribution in [-0.4, -0.2) is 46.5 Å². The molecule has 7 nitrogen and oxygen atoms in total. The summed E-state index contributed by atoms with van der Waals surface area (Å²) in [5.41, 5.74) is 7.94. The molecule has 0 saturated carbocycles. The third-order valence-corrected chi connectivity index (χ3v) is 1.27. The Morgan fingerprint density at radius 3 is 2.50 bits per heavy atom. The van der Waals surface area contributed by atoms with Gasteiger partial charge in [-0.15, -0.1) is 0 Å². The Kier molecular flexibility index (Phi) is 4.98. The standard InChI is InChI=1S/C5H9N3O4/c6-8-7-3(1-9)5(12)4(11)2-10/h2-5,9,11-12H,1H2/t3-,4+,5+/m0/s1. The van der Waals surface area contributed by atoms with Crippen molar-refractivity contribution < 1.29 is 20.1 Å². The summed E-state index contributed by atoms with van der Waals surface area (Å²) in [4.78, 5) is 12.3. The van der Waals surface area contributed by atoms with Crippen molar-refractivity contribution in [3.8, 4) is 0 Å². The Morgan fingerprint density at radius 1 is 1.58 bits per heavy atom. The molecule has 0 heterocycles. The van der Waals surface area contributed by atoms with Crippen molar-refractivity contribution in [2.45, 2.75) is 18.2 Å². The number of aldehydes is 1. The van der Waals surface area contributed by atoms with Crippen LogP contribution in [0.3, 0.4) is 0 Å². The molecule has 0 aromatic heterocycles. The predicted molar refractivity (Wildman–Crippen MR) is 38.1 cm³/mol. The molecule has 0 aromatic carbocycles. The lowest BCUT2D eigenvalue weighted by Crippen LogP contribution is -2.39. The molecule has 0 radical (unpaired) electrons. The summed E-state index contributed by atoms with van der Waals surface area (Å²) in [6.07, 6.45) is -3.11. The second-order valence-electron chi connectivity index (χ2n) is 2.07. The third-order valence-electron chi connectivity index (χ3n) is 1.27. The van der Waals surface area contributed by atoms with Gasteiger partial charge < -0.3 is 20.1 Å². The van der Waals surface area contributed by atoms with Crippen LogP contribution in [0.1, 0.15) is 0 Å². The first kappa shape index (κ1) is 10.9. The zero-order valence-electron chi connectivity index (χ0n) is 6.11. The second-order valence-corrected chi connectivity index (χ2v) is 2.07. The van der Waals surface area contributed by atoms with E-state index in [1.165, 1.54) is 0 Å². The molecule has 0 aliphatic carbocycles. The number of carbonyl (C=O) groups excluding carboxylic acids is 1. The van der Waals surface area contributed by atoms with Gasteiger partial charge in [-0.25, -0.2) is 0 Å². The van der Waals surface area contributed by atoms with Crippen molar-refractivity contribution >= 4 is 6.29 Å². The molecule has 0 unspecified atom stereocenters. The summed E-state index contributed by atoms with van der Waals surface area (Å²) in [5.74, 6) is 0. The van der Waals surface area contributed by atoms with Crippen LogP contribution in [0.25, 0.3) is 10.4 Å². The van der Waals surface area contributed by atoms with Gasteiger partial charge in [0.25, 0.3) is 0 Å². The van der Waals surface area contributed by atoms with E-state index in [1.807, 2.05) is 0 Å². The second kappa shape index (κ2) is 5.50. The van der Waals surface area contributed by atoms with Gasteiger partial charge in [0.05, 0.1) is 18.8 Å². The Bertz CT molecular complexity index is 191. The molecular weight excluding hydrogens is 166 g/mol. The molecule has 0 aliphatic heterocycles. The number of aliphatic hydroxyl groups is 3. The van der Waals surface area contributed by atoms with E-state index in [2.05, 4.69) is 10.0 Å². The van der Waals surface area contributed by atoms with Crippen LogP contribution >= 0.6 is 0 Å². The molecule has 0 amide bonds. The molecule has 0 bridgehead atoms. The van der Waals surface area contributed by atoms with E-state index >= 15 is 0 Å². The van der Waals surface area contributed by atoms with Crippen LogP contribution < -0.4 is 0 Å². The average molecular weight is 175 g/mol. The summed E-state index contributed by atoms with van der Waals surface area (Å²) in [6, 6.07) is -1.20. The van der Waals surface area contributed by atoms with Gasteiger partial charge in [0, 0.05) is 4.91 Å². The summed E-state index contributed by atoms with van der Waals surface area (Å²) in [7, 11) is 0. The zero-order valence-corrected chi connectivity index (χ0v) is 6.11. The first-order valence-corrected chi connectivity index (χ1v) is 3.13. The van der Waals surface area contributed by atoms with E-state index in [1.54, 1.807) is 0 Å². The smallest absolute Gasteiger partial charge is 0.151 e. The predicted octanol–water partition coefficient (Wildman–Crippen LogP) is -1.42. The van der Waals surface area contributed by atoms with Gasteiger partial charge in [0.1, 0.15) is 6.10 Å². The summed E-state index contributed by atoms with van der Waals surface area (Å²) >= 11 is 0. The zero-order chi connectivity index (χ0) is 9.56. The molecule has 0 fully saturated rings. The third kappa shape index (κ3) is 2.85. The van der Waals surface area contributed by atoms with Crippen LogP contribution in [0, 0.1) is 0 Å². The summed E-state index contributed by atoms with van der Waals surface area (Å²) < 4.78 is 0. The number of aliphatic hydroxyl groups excluding tert-OH is 3. The quantitative estimate of drug-likeness (QED) is 0.205. The van der Waals surface area contributed by atoms with E-state index in [4.69, 9.17) is 20.9 Å². The monoisotopic (exact) mass is 175 g/mol. The van der Waals surface area contributed by atoms with Crippen LogP contribution in [0.4, 0.5) is 0 Å². The molecule has 0 aliphatic rings. The SMILES string of the molecule is [N-]=[N+]=N[C@@H](CO)[C@@H](O)[C@H](O)C=O. The van der Waals surface area contributed by atoms with Gasteiger partial charge in [-0.05, 0) is 5.53 Å². The first-order chi connectivity index (χ1) is 5.67. The lowest BCUT2D eigenvalue weighted by Gasteiger charge is -2.17. The molecule has 7 heteroatoms. The Morgan fingerprint density at radius 2 is 2.17 bits per heavy atom. The largest absolute Gasteiger partial charge is 0.396 e. The number of nitrogens with zero attached hydrogens (tertiary/aromatic N) is 3. The fourth-order valence-electron chi connectivity index (χ4n) is 0.587. The minimum Gasteiger partial charge on any atom is -0.396 e. The highest BCUT2D eigenvalue weighted by Gasteiger charge is 2.24. The van der Waals surface area contributed by atoms with Crippen molar-refractivity contribution in [1.82, 2.24) is 0 Å². The maximum atomic E-state index is 9.94. The van der Waals surface area contributed by atoms with Crippen LogP contribution in [-0.2, 0) is 4.79 Å². The summed E-state index contributed by atoms with van der Waals surface area (Å²) in [5, 5.41) is 29.2. The molecule has 3 N–H and O–H groups in total. The highest BCUT2D eigenvalue weighted by molar-refractivity contribution is 5.56. The van der Waals surface area contributed by atoms with Gasteiger partial charge in [0.2, 0.25) is 0 Å². The van der Waals surface area contributed by atoms with E-state index in [0.717, 1.165) is 0 Å². The molecule has 0 aromatic rings. The number of carbonyl (C=O) groups is 1. The molecule has 0 spiro atoms. The summed E-state index contributed by atoms with van der Waals surface area (Å²) in [6.45, 7) is -0.629. The highest BCUT2D eigenvalue weighted by Crippen LogP contribution is 2.02. The Labute approximate surface area is 67.9 Å². The van der Waals surface area contributed by atoms with Gasteiger partial charge in [-0.2, -0.15) is 0 Å². The number of hydrogen-bond acceptors (Lipinski definition) is 5. The van der Waals surface area contributed by atoms with Crippen LogP contribution in [0.15, 0.2) is 5.11 Å². The van der Waals surface area contributed by atoms with Crippen molar-refractivity contribution in [2.24, 2.45) is 5.11 Å². The molecule has 3 atom stereocenters. The van der Waals surface area contributed by atoms with E-state index in [9.17, 15) is 4.79 Å². The van der Waals surface area contributed by atoms with Crippen molar-refractivity contribution in [1.29, 1.82) is 0 Å². The number of hydrogen-bond donors (Lipinski definition) is 3. The minimum absolute atomic E-state index is 0.0974. The molecule has 12 heavy (non-hydrogen) atoms. The van der Waals surface area contributed by atoms with Gasteiger partial charge >= 0.3 is 0 Å². The van der Waals surface area contributed by atoms with Crippen molar-refractivity contribution in [3.63, 3.8) is 0 Å². The molecule has 0 rings (SSSR count). The molecule has 0 saturated heterocycles. The maximum Gasteiger partial charge on any atom is 0.151 e. The molecular formula is C5H9N3O4. The fraction of sp³-hybridized carbons (Fsp3) is 0.800. The normalized spacial score (nSPS) is 17.2. The van der Waals surface area contributed by atoms with Crippen LogP contribution in [0.5, 0.6) is 0 Å². The van der Waals surface area contributed by atoms with Crippen molar-refractivity contribution in [3.05, 3.63) is 10.4 Å². The minimum atomic E-state index is -1.65. The van der Waals surface area contributed by atoms with Gasteiger partial charge in [-0.1, -0.05) is 5.11 Å².